The number of carbonyl (C=O) groups excluding carboxylic acids is 1. The largest absolute Gasteiger partial charge is 0.373 e. The van der Waals surface area contributed by atoms with Gasteiger partial charge in [-0.1, -0.05) is 6.92 Å². The minimum atomic E-state index is -0.0188. The standard InChI is InChI=1S/C14H22N4O2S/c1-3-10-6-15-13(21-10)7-16-14(19)18-8-11-12(9-18)20-5-4-17(11)2/h6,11-12H,3-5,7-9H2,1-2H3,(H,16,19)/t11-,12+/m0/s1. The second-order valence-corrected chi connectivity index (χ2v) is 6.79. The Kier molecular flexibility index (Phi) is 4.42. The molecule has 116 valence electrons. The zero-order valence-corrected chi connectivity index (χ0v) is 13.4. The van der Waals surface area contributed by atoms with Crippen LogP contribution in [0.2, 0.25) is 0 Å². The fourth-order valence-electron chi connectivity index (χ4n) is 2.88. The molecule has 0 aliphatic carbocycles. The predicted molar refractivity (Wildman–Crippen MR) is 81.5 cm³/mol. The third-order valence-electron chi connectivity index (χ3n) is 4.21. The third-order valence-corrected chi connectivity index (χ3v) is 5.35. The molecule has 2 aliphatic rings. The molecular formula is C14H22N4O2S. The van der Waals surface area contributed by atoms with E-state index >= 15 is 0 Å². The summed E-state index contributed by atoms with van der Waals surface area (Å²) in [6.45, 7) is 5.73. The molecule has 2 fully saturated rings. The first-order chi connectivity index (χ1) is 10.2. The summed E-state index contributed by atoms with van der Waals surface area (Å²) in [5, 5.41) is 3.93. The molecule has 2 aliphatic heterocycles. The van der Waals surface area contributed by atoms with E-state index in [9.17, 15) is 4.79 Å². The lowest BCUT2D eigenvalue weighted by atomic mass is 10.1. The van der Waals surface area contributed by atoms with Crippen molar-refractivity contribution >= 4 is 17.4 Å². The lowest BCUT2D eigenvalue weighted by Gasteiger charge is -2.33. The molecule has 6 nitrogen and oxygen atoms in total. The molecule has 0 unspecified atom stereocenters. The maximum atomic E-state index is 12.3. The molecule has 2 amide bonds. The first-order valence-corrected chi connectivity index (χ1v) is 8.27. The van der Waals surface area contributed by atoms with Gasteiger partial charge in [-0.25, -0.2) is 9.78 Å². The van der Waals surface area contributed by atoms with Crippen molar-refractivity contribution in [3.05, 3.63) is 16.1 Å². The van der Waals surface area contributed by atoms with Gasteiger partial charge in [-0.05, 0) is 13.5 Å². The molecule has 2 saturated heterocycles. The Hall–Kier alpha value is -1.18. The Labute approximate surface area is 129 Å². The average molecular weight is 310 g/mol. The number of likely N-dealkylation sites (tertiary alicyclic amines) is 1. The lowest BCUT2D eigenvalue weighted by Crippen LogP contribution is -2.48. The summed E-state index contributed by atoms with van der Waals surface area (Å²) in [5.74, 6) is 0. The first-order valence-electron chi connectivity index (χ1n) is 7.45. The predicted octanol–water partition coefficient (Wildman–Crippen LogP) is 0.930. The molecule has 0 bridgehead atoms. The van der Waals surface area contributed by atoms with E-state index in [1.54, 1.807) is 11.3 Å². The zero-order valence-electron chi connectivity index (χ0n) is 12.5. The van der Waals surface area contributed by atoms with E-state index in [1.807, 2.05) is 11.1 Å². The topological polar surface area (TPSA) is 57.7 Å². The van der Waals surface area contributed by atoms with E-state index in [-0.39, 0.29) is 12.1 Å². The maximum absolute atomic E-state index is 12.3. The SMILES string of the molecule is CCc1cnc(CNC(=O)N2C[C@H]3OCCN(C)[C@H]3C2)s1. The van der Waals surface area contributed by atoms with Crippen molar-refractivity contribution in [1.29, 1.82) is 0 Å². The summed E-state index contributed by atoms with van der Waals surface area (Å²) in [6.07, 6.45) is 3.03. The van der Waals surface area contributed by atoms with Gasteiger partial charge in [-0.3, -0.25) is 4.90 Å². The number of fused-ring (bicyclic) bond motifs is 1. The number of nitrogens with one attached hydrogen (secondary N) is 1. The van der Waals surface area contributed by atoms with Gasteiger partial charge in [0.25, 0.3) is 0 Å². The number of thiazole rings is 1. The molecule has 0 spiro atoms. The fraction of sp³-hybridized carbons (Fsp3) is 0.714. The van der Waals surface area contributed by atoms with Crippen LogP contribution in [0.15, 0.2) is 6.20 Å². The van der Waals surface area contributed by atoms with Crippen molar-refractivity contribution in [3.8, 4) is 0 Å². The number of carbonyl (C=O) groups is 1. The molecule has 21 heavy (non-hydrogen) atoms. The number of urea groups is 1. The van der Waals surface area contributed by atoms with Gasteiger partial charge < -0.3 is 15.0 Å². The van der Waals surface area contributed by atoms with E-state index in [4.69, 9.17) is 4.74 Å². The fourth-order valence-corrected chi connectivity index (χ4v) is 3.68. The lowest BCUT2D eigenvalue weighted by molar-refractivity contribution is -0.0367. The van der Waals surface area contributed by atoms with Crippen LogP contribution in [-0.2, 0) is 17.7 Å². The number of likely N-dealkylation sites (N-methyl/N-ethyl adjacent to an activating group) is 1. The van der Waals surface area contributed by atoms with Crippen molar-refractivity contribution in [2.24, 2.45) is 0 Å². The monoisotopic (exact) mass is 310 g/mol. The quantitative estimate of drug-likeness (QED) is 0.902. The average Bonchev–Trinajstić information content (AvgIpc) is 3.12. The van der Waals surface area contributed by atoms with Gasteiger partial charge in [0.15, 0.2) is 0 Å². The summed E-state index contributed by atoms with van der Waals surface area (Å²) in [6, 6.07) is 0.311. The molecule has 1 aromatic heterocycles. The Balaban J connectivity index is 1.52. The summed E-state index contributed by atoms with van der Waals surface area (Å²) >= 11 is 1.66. The number of hydrogen-bond donors (Lipinski definition) is 1. The number of morpholine rings is 1. The van der Waals surface area contributed by atoms with Crippen LogP contribution in [0.5, 0.6) is 0 Å². The van der Waals surface area contributed by atoms with Crippen LogP contribution in [0.4, 0.5) is 4.79 Å². The summed E-state index contributed by atoms with van der Waals surface area (Å²) in [4.78, 5) is 22.0. The smallest absolute Gasteiger partial charge is 0.317 e. The number of rotatable bonds is 3. The summed E-state index contributed by atoms with van der Waals surface area (Å²) < 4.78 is 5.76. The number of nitrogens with zero attached hydrogens (tertiary/aromatic N) is 3. The Morgan fingerprint density at radius 3 is 3.14 bits per heavy atom. The minimum absolute atomic E-state index is 0.0188. The van der Waals surface area contributed by atoms with Gasteiger partial charge in [-0.15, -0.1) is 11.3 Å². The Morgan fingerprint density at radius 1 is 1.57 bits per heavy atom. The third kappa shape index (κ3) is 3.20. The van der Waals surface area contributed by atoms with E-state index in [0.717, 1.165) is 31.1 Å². The molecule has 0 saturated carbocycles. The van der Waals surface area contributed by atoms with Crippen molar-refractivity contribution in [2.45, 2.75) is 32.0 Å². The number of aromatic nitrogens is 1. The molecule has 0 aromatic carbocycles. The molecule has 3 heterocycles. The van der Waals surface area contributed by atoms with Crippen molar-refractivity contribution in [2.75, 3.05) is 33.3 Å². The van der Waals surface area contributed by atoms with Gasteiger partial charge in [0.05, 0.1) is 31.8 Å². The summed E-state index contributed by atoms with van der Waals surface area (Å²) in [5.41, 5.74) is 0. The molecule has 0 radical (unpaired) electrons. The highest BCUT2D eigenvalue weighted by Crippen LogP contribution is 2.21. The first kappa shape index (κ1) is 14.7. The van der Waals surface area contributed by atoms with E-state index in [0.29, 0.717) is 19.1 Å². The van der Waals surface area contributed by atoms with Gasteiger partial charge in [0.2, 0.25) is 0 Å². The highest BCUT2D eigenvalue weighted by molar-refractivity contribution is 7.11. The summed E-state index contributed by atoms with van der Waals surface area (Å²) in [7, 11) is 2.10. The molecule has 7 heteroatoms. The van der Waals surface area contributed by atoms with Crippen LogP contribution >= 0.6 is 11.3 Å². The Morgan fingerprint density at radius 2 is 2.43 bits per heavy atom. The van der Waals surface area contributed by atoms with Crippen molar-refractivity contribution in [3.63, 3.8) is 0 Å². The van der Waals surface area contributed by atoms with Crippen LogP contribution in [0, 0.1) is 0 Å². The van der Waals surface area contributed by atoms with Gasteiger partial charge in [0.1, 0.15) is 5.01 Å². The number of hydrogen-bond acceptors (Lipinski definition) is 5. The van der Waals surface area contributed by atoms with Gasteiger partial charge >= 0.3 is 6.03 Å². The van der Waals surface area contributed by atoms with Crippen LogP contribution < -0.4 is 5.32 Å². The second kappa shape index (κ2) is 6.29. The molecule has 1 aromatic rings. The molecular weight excluding hydrogens is 288 g/mol. The minimum Gasteiger partial charge on any atom is -0.373 e. The Bertz CT molecular complexity index is 507. The van der Waals surface area contributed by atoms with E-state index in [1.165, 1.54) is 4.88 Å². The van der Waals surface area contributed by atoms with Crippen LogP contribution in [-0.4, -0.2) is 66.2 Å². The number of ether oxygens (including phenoxy) is 1. The molecule has 1 N–H and O–H groups in total. The van der Waals surface area contributed by atoms with Crippen molar-refractivity contribution < 1.29 is 9.53 Å². The second-order valence-electron chi connectivity index (χ2n) is 5.59. The van der Waals surface area contributed by atoms with Crippen LogP contribution in [0.25, 0.3) is 0 Å². The number of aryl methyl sites for hydroxylation is 1. The van der Waals surface area contributed by atoms with Crippen molar-refractivity contribution in [1.82, 2.24) is 20.1 Å². The van der Waals surface area contributed by atoms with Gasteiger partial charge in [-0.2, -0.15) is 0 Å². The van der Waals surface area contributed by atoms with Crippen LogP contribution in [0.1, 0.15) is 16.8 Å². The van der Waals surface area contributed by atoms with Gasteiger partial charge in [0, 0.05) is 24.2 Å². The van der Waals surface area contributed by atoms with E-state index < -0.39 is 0 Å². The maximum Gasteiger partial charge on any atom is 0.317 e. The molecule has 2 atom stereocenters. The normalized spacial score (nSPS) is 25.9. The highest BCUT2D eigenvalue weighted by Gasteiger charge is 2.40. The van der Waals surface area contributed by atoms with Crippen LogP contribution in [0.3, 0.4) is 0 Å². The zero-order chi connectivity index (χ0) is 14.8. The number of amides is 2. The van der Waals surface area contributed by atoms with E-state index in [2.05, 4.69) is 29.2 Å². The molecule has 3 rings (SSSR count). The highest BCUT2D eigenvalue weighted by atomic mass is 32.1.